The molecule has 1 N–H and O–H groups in total. The van der Waals surface area contributed by atoms with E-state index in [1.165, 1.54) is 0 Å². The third-order valence-electron chi connectivity index (χ3n) is 5.92. The summed E-state index contributed by atoms with van der Waals surface area (Å²) in [6.45, 7) is 8.17. The van der Waals surface area contributed by atoms with Gasteiger partial charge in [0.05, 0.1) is 0 Å². The Labute approximate surface area is 176 Å². The van der Waals surface area contributed by atoms with Crippen LogP contribution in [0, 0.1) is 11.3 Å². The van der Waals surface area contributed by atoms with Crippen LogP contribution in [0.2, 0.25) is 0 Å². The number of hydrogen-bond acceptors (Lipinski definition) is 3. The first-order chi connectivity index (χ1) is 14.2. The molecule has 0 spiro atoms. The van der Waals surface area contributed by atoms with E-state index in [9.17, 15) is 14.4 Å². The van der Waals surface area contributed by atoms with Crippen molar-refractivity contribution in [2.24, 2.45) is 11.3 Å². The third-order valence-corrected chi connectivity index (χ3v) is 5.92. The molecule has 158 valence electrons. The molecule has 0 saturated carbocycles. The van der Waals surface area contributed by atoms with Gasteiger partial charge in [0, 0.05) is 43.2 Å². The van der Waals surface area contributed by atoms with Crippen LogP contribution in [-0.4, -0.2) is 34.4 Å². The van der Waals surface area contributed by atoms with Gasteiger partial charge in [-0.2, -0.15) is 0 Å². The van der Waals surface area contributed by atoms with E-state index in [2.05, 4.69) is 26.1 Å². The number of pyridine rings is 1. The Morgan fingerprint density at radius 2 is 1.77 bits per heavy atom. The average Bonchev–Trinajstić information content (AvgIpc) is 2.69. The number of amides is 2. The van der Waals surface area contributed by atoms with Gasteiger partial charge in [0.2, 0.25) is 5.91 Å². The molecule has 0 unspecified atom stereocenters. The van der Waals surface area contributed by atoms with Crippen LogP contribution in [0.15, 0.2) is 47.3 Å². The molecule has 1 saturated heterocycles. The van der Waals surface area contributed by atoms with Crippen LogP contribution in [0.5, 0.6) is 0 Å². The minimum absolute atomic E-state index is 0.0374. The fraction of sp³-hybridized carbons (Fsp3) is 0.458. The van der Waals surface area contributed by atoms with Crippen LogP contribution in [0.1, 0.15) is 55.6 Å². The van der Waals surface area contributed by atoms with E-state index in [-0.39, 0.29) is 34.6 Å². The van der Waals surface area contributed by atoms with Crippen molar-refractivity contribution >= 4 is 17.5 Å². The highest BCUT2D eigenvalue weighted by Gasteiger charge is 2.37. The highest BCUT2D eigenvalue weighted by atomic mass is 16.2. The Bertz CT molecular complexity index is 1020. The Balaban J connectivity index is 1.54. The second-order valence-corrected chi connectivity index (χ2v) is 9.74. The van der Waals surface area contributed by atoms with E-state index in [1.54, 1.807) is 34.9 Å². The fourth-order valence-electron chi connectivity index (χ4n) is 4.59. The number of piperidine rings is 1. The Morgan fingerprint density at radius 1 is 1.03 bits per heavy atom. The molecular formula is C24H29N3O3. The zero-order valence-corrected chi connectivity index (χ0v) is 17.9. The highest BCUT2D eigenvalue weighted by molar-refractivity contribution is 6.04. The van der Waals surface area contributed by atoms with Gasteiger partial charge >= 0.3 is 0 Å². The maximum absolute atomic E-state index is 13.1. The van der Waals surface area contributed by atoms with Gasteiger partial charge in [-0.25, -0.2) is 0 Å². The van der Waals surface area contributed by atoms with Crippen LogP contribution in [0.4, 0.5) is 5.69 Å². The normalized spacial score (nSPS) is 20.4. The number of aromatic nitrogens is 1. The summed E-state index contributed by atoms with van der Waals surface area (Å²) >= 11 is 0. The molecule has 2 aliphatic rings. The maximum atomic E-state index is 13.1. The molecule has 1 aromatic carbocycles. The van der Waals surface area contributed by atoms with Gasteiger partial charge in [-0.15, -0.1) is 0 Å². The molecule has 4 rings (SSSR count). The SMILES string of the molecule is CC(C)(C)CC(=O)N1C[C@@H]2C[C@H](C1)c1ccc(NC(=O)c3ccccc3)c(=O)n1C2. The number of hydrogen-bond donors (Lipinski definition) is 1. The summed E-state index contributed by atoms with van der Waals surface area (Å²) < 4.78 is 1.80. The Morgan fingerprint density at radius 3 is 2.47 bits per heavy atom. The van der Waals surface area contributed by atoms with E-state index in [4.69, 9.17) is 0 Å². The minimum atomic E-state index is -0.289. The maximum Gasteiger partial charge on any atom is 0.274 e. The van der Waals surface area contributed by atoms with E-state index < -0.39 is 0 Å². The first kappa shape index (κ1) is 20.4. The number of nitrogens with zero attached hydrogens (tertiary/aromatic N) is 2. The average molecular weight is 408 g/mol. The molecule has 2 atom stereocenters. The number of anilines is 1. The molecular weight excluding hydrogens is 378 g/mol. The first-order valence-corrected chi connectivity index (χ1v) is 10.6. The van der Waals surface area contributed by atoms with Gasteiger partial charge in [-0.05, 0) is 42.0 Å². The van der Waals surface area contributed by atoms with Crippen molar-refractivity contribution in [1.29, 1.82) is 0 Å². The summed E-state index contributed by atoms with van der Waals surface area (Å²) in [6.07, 6.45) is 1.53. The molecule has 2 aliphatic heterocycles. The van der Waals surface area contributed by atoms with E-state index in [0.29, 0.717) is 37.3 Å². The van der Waals surface area contributed by atoms with Crippen molar-refractivity contribution in [2.45, 2.75) is 46.1 Å². The van der Waals surface area contributed by atoms with Gasteiger partial charge in [-0.1, -0.05) is 39.0 Å². The summed E-state index contributed by atoms with van der Waals surface area (Å²) in [5.41, 5.74) is 1.57. The Kier molecular flexibility index (Phi) is 5.26. The molecule has 3 heterocycles. The molecule has 0 radical (unpaired) electrons. The van der Waals surface area contributed by atoms with Crippen molar-refractivity contribution in [2.75, 3.05) is 18.4 Å². The van der Waals surface area contributed by atoms with Gasteiger partial charge in [-0.3, -0.25) is 14.4 Å². The first-order valence-electron chi connectivity index (χ1n) is 10.6. The molecule has 6 nitrogen and oxygen atoms in total. The van der Waals surface area contributed by atoms with E-state index in [0.717, 1.165) is 12.1 Å². The summed E-state index contributed by atoms with van der Waals surface area (Å²) in [4.78, 5) is 40.3. The molecule has 0 aliphatic carbocycles. The summed E-state index contributed by atoms with van der Waals surface area (Å²) in [6, 6.07) is 12.5. The van der Waals surface area contributed by atoms with Crippen molar-refractivity contribution in [1.82, 2.24) is 9.47 Å². The van der Waals surface area contributed by atoms with Gasteiger partial charge in [0.15, 0.2) is 0 Å². The second-order valence-electron chi connectivity index (χ2n) is 9.74. The zero-order chi connectivity index (χ0) is 21.5. The van der Waals surface area contributed by atoms with Crippen molar-refractivity contribution in [3.8, 4) is 0 Å². The van der Waals surface area contributed by atoms with Crippen LogP contribution in [-0.2, 0) is 11.3 Å². The van der Waals surface area contributed by atoms with Crippen LogP contribution >= 0.6 is 0 Å². The summed E-state index contributed by atoms with van der Waals surface area (Å²) in [5, 5.41) is 2.76. The fourth-order valence-corrected chi connectivity index (χ4v) is 4.59. The van der Waals surface area contributed by atoms with Crippen LogP contribution < -0.4 is 10.9 Å². The molecule has 2 amide bonds. The molecule has 1 aromatic heterocycles. The standard InChI is InChI=1S/C24H29N3O3/c1-24(2,3)12-21(28)26-13-16-11-18(15-26)20-10-9-19(23(30)27(20)14-16)25-22(29)17-7-5-4-6-8-17/h4-10,16,18H,11-15H2,1-3H3,(H,25,29)/t16-,18+/m0/s1. The van der Waals surface area contributed by atoms with Crippen molar-refractivity contribution in [3.63, 3.8) is 0 Å². The lowest BCUT2D eigenvalue weighted by molar-refractivity contribution is -0.135. The number of rotatable bonds is 3. The highest BCUT2D eigenvalue weighted by Crippen LogP contribution is 2.36. The number of benzene rings is 1. The minimum Gasteiger partial charge on any atom is -0.342 e. The topological polar surface area (TPSA) is 71.4 Å². The number of fused-ring (bicyclic) bond motifs is 4. The molecule has 1 fully saturated rings. The third kappa shape index (κ3) is 4.18. The number of carbonyl (C=O) groups excluding carboxylic acids is 2. The number of likely N-dealkylation sites (tertiary alicyclic amines) is 1. The predicted octanol–water partition coefficient (Wildman–Crippen LogP) is 3.48. The van der Waals surface area contributed by atoms with E-state index >= 15 is 0 Å². The summed E-state index contributed by atoms with van der Waals surface area (Å²) in [5.74, 6) is 0.328. The van der Waals surface area contributed by atoms with Crippen LogP contribution in [0.3, 0.4) is 0 Å². The second kappa shape index (κ2) is 7.74. The molecule has 6 heteroatoms. The lowest BCUT2D eigenvalue weighted by atomic mass is 9.82. The largest absolute Gasteiger partial charge is 0.342 e. The van der Waals surface area contributed by atoms with E-state index in [1.807, 2.05) is 17.0 Å². The van der Waals surface area contributed by atoms with Gasteiger partial charge in [0.25, 0.3) is 11.5 Å². The number of carbonyl (C=O) groups is 2. The lowest BCUT2D eigenvalue weighted by Gasteiger charge is -2.43. The Hall–Kier alpha value is -2.89. The smallest absolute Gasteiger partial charge is 0.274 e. The lowest BCUT2D eigenvalue weighted by Crippen LogP contribution is -2.49. The van der Waals surface area contributed by atoms with Crippen LogP contribution in [0.25, 0.3) is 0 Å². The quantitative estimate of drug-likeness (QED) is 0.847. The van der Waals surface area contributed by atoms with Crippen molar-refractivity contribution in [3.05, 3.63) is 64.1 Å². The van der Waals surface area contributed by atoms with Gasteiger partial charge in [0.1, 0.15) is 5.69 Å². The zero-order valence-electron chi connectivity index (χ0n) is 17.9. The summed E-state index contributed by atoms with van der Waals surface area (Å²) in [7, 11) is 0. The monoisotopic (exact) mass is 407 g/mol. The molecule has 30 heavy (non-hydrogen) atoms. The molecule has 2 aromatic rings. The predicted molar refractivity (Wildman–Crippen MR) is 117 cm³/mol. The van der Waals surface area contributed by atoms with Crippen molar-refractivity contribution < 1.29 is 9.59 Å². The van der Waals surface area contributed by atoms with Gasteiger partial charge < -0.3 is 14.8 Å². The number of nitrogens with one attached hydrogen (secondary N) is 1. The molecule has 2 bridgehead atoms.